The number of ether oxygens (including phenoxy) is 1. The van der Waals surface area contributed by atoms with Crippen molar-refractivity contribution in [3.05, 3.63) is 204 Å². The Morgan fingerprint density at radius 2 is 0.875 bits per heavy atom. The summed E-state index contributed by atoms with van der Waals surface area (Å²) in [5.74, 6) is 1.82. The van der Waals surface area contributed by atoms with E-state index in [1.54, 1.807) is 0 Å². The molecule has 8 aromatic rings. The van der Waals surface area contributed by atoms with Crippen molar-refractivity contribution in [2.75, 3.05) is 0 Å². The van der Waals surface area contributed by atoms with Gasteiger partial charge in [-0.15, -0.1) is 0 Å². The SMILES string of the molecule is c1ccc(-c2ccc3c(c2)C(c2ccccc2)(c2ccccc2)c2cc(-c4ccc5c(c4)-c4cccc6cccc(c46)O5)ccc2-3)cc1. The fourth-order valence-electron chi connectivity index (χ4n) is 8.22. The van der Waals surface area contributed by atoms with Crippen LogP contribution in [0.25, 0.3) is 55.3 Å². The van der Waals surface area contributed by atoms with E-state index in [2.05, 4.69) is 182 Å². The standard InChI is InChI=1S/C47H30O/c1-4-12-31(13-5-1)34-22-25-38-39-26-23-35(33-24-27-44-41(28-33)40-20-10-14-32-15-11-21-45(48-44)46(32)40)30-43(39)47(42(38)29-34,36-16-6-2-7-17-36)37-18-8-3-9-19-37/h1-30H. The molecule has 0 fully saturated rings. The van der Waals surface area contributed by atoms with Crippen LogP contribution in [0.3, 0.4) is 0 Å². The second-order valence-corrected chi connectivity index (χ2v) is 12.8. The summed E-state index contributed by atoms with van der Waals surface area (Å²) in [4.78, 5) is 0. The highest BCUT2D eigenvalue weighted by molar-refractivity contribution is 6.04. The molecule has 0 bridgehead atoms. The maximum absolute atomic E-state index is 6.45. The average Bonchev–Trinajstić information content (AvgIpc) is 3.46. The van der Waals surface area contributed by atoms with Crippen molar-refractivity contribution in [2.45, 2.75) is 5.41 Å². The van der Waals surface area contributed by atoms with Crippen LogP contribution >= 0.6 is 0 Å². The van der Waals surface area contributed by atoms with E-state index >= 15 is 0 Å². The lowest BCUT2D eigenvalue weighted by Crippen LogP contribution is -2.28. The lowest BCUT2D eigenvalue weighted by molar-refractivity contribution is 0.487. The summed E-state index contributed by atoms with van der Waals surface area (Å²) in [5.41, 5.74) is 14.4. The van der Waals surface area contributed by atoms with Gasteiger partial charge in [-0.3, -0.25) is 0 Å². The third-order valence-electron chi connectivity index (χ3n) is 10.3. The van der Waals surface area contributed by atoms with Gasteiger partial charge in [0, 0.05) is 10.9 Å². The fourth-order valence-corrected chi connectivity index (χ4v) is 8.22. The highest BCUT2D eigenvalue weighted by Gasteiger charge is 2.46. The average molecular weight is 611 g/mol. The molecular weight excluding hydrogens is 581 g/mol. The lowest BCUT2D eigenvalue weighted by atomic mass is 9.67. The Balaban J connectivity index is 1.22. The summed E-state index contributed by atoms with van der Waals surface area (Å²) in [6.07, 6.45) is 0. The summed E-state index contributed by atoms with van der Waals surface area (Å²) in [6.45, 7) is 0. The molecule has 48 heavy (non-hydrogen) atoms. The monoisotopic (exact) mass is 610 g/mol. The Kier molecular flexibility index (Phi) is 5.86. The van der Waals surface area contributed by atoms with Gasteiger partial charge in [-0.25, -0.2) is 0 Å². The zero-order valence-electron chi connectivity index (χ0n) is 26.2. The molecule has 2 aliphatic rings. The molecule has 0 amide bonds. The predicted molar refractivity (Wildman–Crippen MR) is 198 cm³/mol. The summed E-state index contributed by atoms with van der Waals surface area (Å²) >= 11 is 0. The van der Waals surface area contributed by atoms with E-state index in [1.807, 2.05) is 0 Å². The number of hydrogen-bond donors (Lipinski definition) is 0. The van der Waals surface area contributed by atoms with E-state index in [0.29, 0.717) is 0 Å². The molecule has 0 N–H and O–H groups in total. The van der Waals surface area contributed by atoms with Gasteiger partial charge in [-0.1, -0.05) is 152 Å². The molecule has 0 saturated heterocycles. The number of benzene rings is 8. The zero-order chi connectivity index (χ0) is 31.7. The Labute approximate surface area is 280 Å². The Hall–Kier alpha value is -6.18. The van der Waals surface area contributed by atoms with E-state index in [4.69, 9.17) is 4.74 Å². The van der Waals surface area contributed by atoms with Crippen molar-refractivity contribution < 1.29 is 4.74 Å². The van der Waals surface area contributed by atoms with E-state index in [-0.39, 0.29) is 0 Å². The molecule has 1 heterocycles. The second-order valence-electron chi connectivity index (χ2n) is 12.8. The van der Waals surface area contributed by atoms with E-state index in [0.717, 1.165) is 17.1 Å². The molecule has 0 aromatic heterocycles. The first kappa shape index (κ1) is 27.0. The van der Waals surface area contributed by atoms with Gasteiger partial charge in [-0.2, -0.15) is 0 Å². The van der Waals surface area contributed by atoms with Gasteiger partial charge < -0.3 is 4.74 Å². The first-order valence-corrected chi connectivity index (χ1v) is 16.6. The summed E-state index contributed by atoms with van der Waals surface area (Å²) in [6, 6.07) is 66.4. The van der Waals surface area contributed by atoms with Crippen molar-refractivity contribution in [1.29, 1.82) is 0 Å². The van der Waals surface area contributed by atoms with Gasteiger partial charge in [0.15, 0.2) is 0 Å². The molecule has 0 radical (unpaired) electrons. The predicted octanol–water partition coefficient (Wildman–Crippen LogP) is 12.3. The fraction of sp³-hybridized carbons (Fsp3) is 0.0213. The number of fused-ring (bicyclic) bond motifs is 5. The smallest absolute Gasteiger partial charge is 0.135 e. The minimum absolute atomic E-state index is 0.490. The molecular formula is C47H30O. The van der Waals surface area contributed by atoms with Crippen LogP contribution in [-0.4, -0.2) is 0 Å². The van der Waals surface area contributed by atoms with Crippen LogP contribution in [0.4, 0.5) is 0 Å². The zero-order valence-corrected chi connectivity index (χ0v) is 26.2. The molecule has 0 unspecified atom stereocenters. The highest BCUT2D eigenvalue weighted by Crippen LogP contribution is 2.57. The van der Waals surface area contributed by atoms with Crippen molar-refractivity contribution in [3.63, 3.8) is 0 Å². The molecule has 1 nitrogen and oxygen atoms in total. The Bertz CT molecular complexity index is 2470. The molecule has 224 valence electrons. The van der Waals surface area contributed by atoms with Crippen molar-refractivity contribution in [1.82, 2.24) is 0 Å². The van der Waals surface area contributed by atoms with Crippen LogP contribution in [0.2, 0.25) is 0 Å². The van der Waals surface area contributed by atoms with Gasteiger partial charge in [0.2, 0.25) is 0 Å². The highest BCUT2D eigenvalue weighted by atomic mass is 16.5. The van der Waals surface area contributed by atoms with E-state index < -0.39 is 5.41 Å². The Morgan fingerprint density at radius 1 is 0.333 bits per heavy atom. The van der Waals surface area contributed by atoms with Gasteiger partial charge in [0.1, 0.15) is 11.5 Å². The first-order valence-electron chi connectivity index (χ1n) is 16.6. The summed E-state index contributed by atoms with van der Waals surface area (Å²) in [7, 11) is 0. The van der Waals surface area contributed by atoms with Crippen molar-refractivity contribution >= 4 is 10.8 Å². The van der Waals surface area contributed by atoms with Gasteiger partial charge in [0.25, 0.3) is 0 Å². The maximum Gasteiger partial charge on any atom is 0.135 e. The van der Waals surface area contributed by atoms with Crippen LogP contribution in [0.1, 0.15) is 22.3 Å². The van der Waals surface area contributed by atoms with Crippen LogP contribution in [-0.2, 0) is 5.41 Å². The Morgan fingerprint density at radius 3 is 1.52 bits per heavy atom. The number of rotatable bonds is 4. The maximum atomic E-state index is 6.45. The van der Waals surface area contributed by atoms with Crippen LogP contribution in [0.15, 0.2) is 182 Å². The quantitative estimate of drug-likeness (QED) is 0.193. The molecule has 8 aromatic carbocycles. The molecule has 0 saturated carbocycles. The third-order valence-corrected chi connectivity index (χ3v) is 10.3. The van der Waals surface area contributed by atoms with Crippen LogP contribution < -0.4 is 4.74 Å². The van der Waals surface area contributed by atoms with Crippen molar-refractivity contribution in [3.8, 4) is 56.0 Å². The number of hydrogen-bond acceptors (Lipinski definition) is 1. The summed E-state index contributed by atoms with van der Waals surface area (Å²) < 4.78 is 6.45. The molecule has 10 rings (SSSR count). The largest absolute Gasteiger partial charge is 0.456 e. The van der Waals surface area contributed by atoms with Gasteiger partial charge >= 0.3 is 0 Å². The lowest BCUT2D eigenvalue weighted by Gasteiger charge is -2.34. The summed E-state index contributed by atoms with van der Waals surface area (Å²) in [5, 5.41) is 2.37. The van der Waals surface area contributed by atoms with E-state index in [9.17, 15) is 0 Å². The molecule has 1 aliphatic heterocycles. The topological polar surface area (TPSA) is 9.23 Å². The second kappa shape index (κ2) is 10.4. The minimum Gasteiger partial charge on any atom is -0.456 e. The minimum atomic E-state index is -0.490. The third kappa shape index (κ3) is 3.85. The molecule has 1 aliphatic carbocycles. The molecule has 0 atom stereocenters. The normalized spacial score (nSPS) is 13.3. The molecule has 1 heteroatoms. The molecule has 0 spiro atoms. The van der Waals surface area contributed by atoms with Crippen LogP contribution in [0.5, 0.6) is 11.5 Å². The van der Waals surface area contributed by atoms with Crippen LogP contribution in [0, 0.1) is 0 Å². The van der Waals surface area contributed by atoms with Gasteiger partial charge in [0.05, 0.1) is 5.41 Å². The van der Waals surface area contributed by atoms with Crippen molar-refractivity contribution in [2.24, 2.45) is 0 Å². The van der Waals surface area contributed by atoms with E-state index in [1.165, 1.54) is 72.0 Å². The van der Waals surface area contributed by atoms with Gasteiger partial charge in [-0.05, 0) is 96.9 Å². The first-order chi connectivity index (χ1) is 23.8.